The minimum absolute atomic E-state index is 0.117. The second-order valence-corrected chi connectivity index (χ2v) is 4.43. The molecule has 0 saturated heterocycles. The molecule has 0 radical (unpaired) electrons. The van der Waals surface area contributed by atoms with Gasteiger partial charge in [0.15, 0.2) is 4.80 Å². The van der Waals surface area contributed by atoms with Crippen molar-refractivity contribution in [2.45, 2.75) is 0 Å². The molecule has 4 nitrogen and oxygen atoms in total. The summed E-state index contributed by atoms with van der Waals surface area (Å²) in [5.74, 6) is -0.710. The summed E-state index contributed by atoms with van der Waals surface area (Å²) < 4.78 is 19.9. The largest absolute Gasteiger partial charge is 0.496 e. The second kappa shape index (κ2) is 5.14. The van der Waals surface area contributed by atoms with Crippen LogP contribution in [0.2, 0.25) is 0 Å². The highest BCUT2D eigenvalue weighted by atomic mass is 32.1. The van der Waals surface area contributed by atoms with E-state index in [1.165, 1.54) is 30.6 Å². The summed E-state index contributed by atoms with van der Waals surface area (Å²) in [6.45, 7) is 0. The molecule has 1 aromatic carbocycles. The maximum absolute atomic E-state index is 13.1. The highest BCUT2D eigenvalue weighted by Crippen LogP contribution is 2.19. The number of nitrogens with zero attached hydrogens (tertiary/aromatic N) is 2. The summed E-state index contributed by atoms with van der Waals surface area (Å²) in [6.07, 6.45) is 1.79. The third kappa shape index (κ3) is 2.48. The molecule has 94 valence electrons. The van der Waals surface area contributed by atoms with E-state index in [1.807, 2.05) is 5.38 Å². The van der Waals surface area contributed by atoms with E-state index in [0.717, 1.165) is 6.07 Å². The number of ether oxygens (including phenoxy) is 1. The number of rotatable bonds is 2. The van der Waals surface area contributed by atoms with Crippen molar-refractivity contribution in [3.63, 3.8) is 0 Å². The Morgan fingerprint density at radius 1 is 1.50 bits per heavy atom. The lowest BCUT2D eigenvalue weighted by molar-refractivity contribution is 0.0994. The highest BCUT2D eigenvalue weighted by Gasteiger charge is 2.12. The summed E-state index contributed by atoms with van der Waals surface area (Å²) in [6, 6.07) is 3.77. The Hall–Kier alpha value is -1.95. The van der Waals surface area contributed by atoms with Gasteiger partial charge in [-0.15, -0.1) is 11.3 Å². The number of methoxy groups -OCH3 is 1. The number of carbonyl (C=O) groups is 1. The number of hydrogen-bond donors (Lipinski definition) is 0. The van der Waals surface area contributed by atoms with Gasteiger partial charge in [-0.2, -0.15) is 4.99 Å². The minimum atomic E-state index is -0.524. The summed E-state index contributed by atoms with van der Waals surface area (Å²) in [4.78, 5) is 16.5. The smallest absolute Gasteiger partial charge is 0.283 e. The van der Waals surface area contributed by atoms with Crippen LogP contribution in [0.5, 0.6) is 5.75 Å². The second-order valence-electron chi connectivity index (χ2n) is 3.56. The molecule has 0 aliphatic carbocycles. The highest BCUT2D eigenvalue weighted by molar-refractivity contribution is 7.07. The number of amides is 1. The van der Waals surface area contributed by atoms with Crippen molar-refractivity contribution in [1.82, 2.24) is 4.57 Å². The fraction of sp³-hybridized carbons (Fsp3) is 0.167. The Morgan fingerprint density at radius 3 is 2.89 bits per heavy atom. The van der Waals surface area contributed by atoms with Gasteiger partial charge in [-0.25, -0.2) is 4.39 Å². The Morgan fingerprint density at radius 2 is 2.28 bits per heavy atom. The zero-order valence-electron chi connectivity index (χ0n) is 9.88. The van der Waals surface area contributed by atoms with Gasteiger partial charge in [0.05, 0.1) is 12.7 Å². The molecule has 2 aromatic rings. The first kappa shape index (κ1) is 12.5. The third-order valence-corrected chi connectivity index (χ3v) is 3.20. The fourth-order valence-corrected chi connectivity index (χ4v) is 2.16. The van der Waals surface area contributed by atoms with Crippen LogP contribution in [-0.4, -0.2) is 17.6 Å². The van der Waals surface area contributed by atoms with Gasteiger partial charge < -0.3 is 9.30 Å². The third-order valence-electron chi connectivity index (χ3n) is 2.35. The summed E-state index contributed by atoms with van der Waals surface area (Å²) in [5, 5.41) is 1.81. The number of benzene rings is 1. The van der Waals surface area contributed by atoms with Crippen LogP contribution in [0.1, 0.15) is 10.4 Å². The van der Waals surface area contributed by atoms with Gasteiger partial charge in [0, 0.05) is 18.6 Å². The molecule has 2 rings (SSSR count). The van der Waals surface area contributed by atoms with Crippen molar-refractivity contribution in [1.29, 1.82) is 0 Å². The molecule has 0 bridgehead atoms. The molecule has 0 atom stereocenters. The number of thiazole rings is 1. The molecule has 0 aliphatic rings. The standard InChI is InChI=1S/C12H11FN2O2S/c1-15-5-6-18-12(15)14-11(16)9-7-8(13)3-4-10(9)17-2/h3-7H,1-2H3. The Labute approximate surface area is 107 Å². The summed E-state index contributed by atoms with van der Waals surface area (Å²) in [5.41, 5.74) is 0.117. The van der Waals surface area contributed by atoms with Crippen molar-refractivity contribution >= 4 is 17.2 Å². The van der Waals surface area contributed by atoms with Gasteiger partial charge >= 0.3 is 0 Å². The van der Waals surface area contributed by atoms with Crippen LogP contribution in [0.4, 0.5) is 4.39 Å². The first-order valence-electron chi connectivity index (χ1n) is 5.14. The predicted octanol–water partition coefficient (Wildman–Crippen LogP) is 1.98. The molecular weight excluding hydrogens is 255 g/mol. The first-order chi connectivity index (χ1) is 8.61. The normalized spacial score (nSPS) is 11.6. The van der Waals surface area contributed by atoms with E-state index >= 15 is 0 Å². The Bertz CT molecular complexity index is 646. The van der Waals surface area contributed by atoms with Crippen LogP contribution >= 0.6 is 11.3 Å². The van der Waals surface area contributed by atoms with E-state index < -0.39 is 11.7 Å². The molecule has 0 aliphatic heterocycles. The van der Waals surface area contributed by atoms with E-state index in [1.54, 1.807) is 17.8 Å². The molecule has 0 spiro atoms. The predicted molar refractivity (Wildman–Crippen MR) is 66.1 cm³/mol. The molecule has 1 aromatic heterocycles. The monoisotopic (exact) mass is 266 g/mol. The number of aromatic nitrogens is 1. The topological polar surface area (TPSA) is 43.6 Å². The Kier molecular flexibility index (Phi) is 3.57. The summed E-state index contributed by atoms with van der Waals surface area (Å²) in [7, 11) is 3.21. The lowest BCUT2D eigenvalue weighted by Gasteiger charge is -2.04. The fourth-order valence-electron chi connectivity index (χ4n) is 1.43. The average molecular weight is 266 g/mol. The summed E-state index contributed by atoms with van der Waals surface area (Å²) >= 11 is 1.33. The van der Waals surface area contributed by atoms with E-state index in [-0.39, 0.29) is 5.56 Å². The molecule has 0 fully saturated rings. The molecule has 0 saturated carbocycles. The lowest BCUT2D eigenvalue weighted by atomic mass is 10.2. The lowest BCUT2D eigenvalue weighted by Crippen LogP contribution is -2.13. The van der Waals surface area contributed by atoms with Gasteiger partial charge in [0.25, 0.3) is 5.91 Å². The maximum atomic E-state index is 13.1. The number of carbonyl (C=O) groups excluding carboxylic acids is 1. The zero-order chi connectivity index (χ0) is 13.1. The van der Waals surface area contributed by atoms with Crippen molar-refractivity contribution < 1.29 is 13.9 Å². The molecule has 6 heteroatoms. The molecule has 0 unspecified atom stereocenters. The molecule has 1 amide bonds. The molecular formula is C12H11FN2O2S. The zero-order valence-corrected chi connectivity index (χ0v) is 10.7. The van der Waals surface area contributed by atoms with Crippen molar-refractivity contribution in [3.05, 3.63) is 46.0 Å². The van der Waals surface area contributed by atoms with E-state index in [2.05, 4.69) is 4.99 Å². The van der Waals surface area contributed by atoms with Crippen molar-refractivity contribution in [2.24, 2.45) is 12.0 Å². The van der Waals surface area contributed by atoms with Crippen LogP contribution in [-0.2, 0) is 7.05 Å². The number of hydrogen-bond acceptors (Lipinski definition) is 3. The van der Waals surface area contributed by atoms with Crippen LogP contribution in [0.3, 0.4) is 0 Å². The minimum Gasteiger partial charge on any atom is -0.496 e. The van der Waals surface area contributed by atoms with Gasteiger partial charge in [-0.05, 0) is 18.2 Å². The SMILES string of the molecule is COc1ccc(F)cc1C(=O)N=c1sccn1C. The van der Waals surface area contributed by atoms with E-state index in [4.69, 9.17) is 4.74 Å². The quantitative estimate of drug-likeness (QED) is 0.834. The van der Waals surface area contributed by atoms with Crippen LogP contribution in [0.15, 0.2) is 34.8 Å². The average Bonchev–Trinajstić information content (AvgIpc) is 2.75. The van der Waals surface area contributed by atoms with Crippen molar-refractivity contribution in [2.75, 3.05) is 7.11 Å². The molecule has 18 heavy (non-hydrogen) atoms. The first-order valence-corrected chi connectivity index (χ1v) is 6.02. The van der Waals surface area contributed by atoms with Crippen LogP contribution in [0.25, 0.3) is 0 Å². The van der Waals surface area contributed by atoms with Gasteiger partial charge in [-0.1, -0.05) is 0 Å². The Balaban J connectivity index is 2.47. The van der Waals surface area contributed by atoms with Crippen LogP contribution < -0.4 is 9.54 Å². The number of halogens is 1. The molecule has 0 N–H and O–H groups in total. The molecule has 1 heterocycles. The van der Waals surface area contributed by atoms with Gasteiger partial charge in [0.1, 0.15) is 11.6 Å². The van der Waals surface area contributed by atoms with Crippen LogP contribution in [0, 0.1) is 5.82 Å². The van der Waals surface area contributed by atoms with Crippen molar-refractivity contribution in [3.8, 4) is 5.75 Å². The van der Waals surface area contributed by atoms with Gasteiger partial charge in [-0.3, -0.25) is 4.79 Å². The van der Waals surface area contributed by atoms with Gasteiger partial charge in [0.2, 0.25) is 0 Å². The maximum Gasteiger partial charge on any atom is 0.283 e. The van der Waals surface area contributed by atoms with E-state index in [9.17, 15) is 9.18 Å². The number of aryl methyl sites for hydroxylation is 1. The van der Waals surface area contributed by atoms with E-state index in [0.29, 0.717) is 10.6 Å².